The maximum Gasteiger partial charge on any atom is 0.418 e. The molecule has 0 radical (unpaired) electrons. The molecule has 3 rings (SSSR count). The van der Waals surface area contributed by atoms with Crippen LogP contribution >= 0.6 is 0 Å². The molecule has 1 saturated heterocycles. The molecule has 26 heavy (non-hydrogen) atoms. The first-order valence-corrected chi connectivity index (χ1v) is 8.90. The molecule has 1 aliphatic heterocycles. The fourth-order valence-electron chi connectivity index (χ4n) is 2.46. The highest BCUT2D eigenvalue weighted by molar-refractivity contribution is 7.92. The summed E-state index contributed by atoms with van der Waals surface area (Å²) in [5.41, 5.74) is -1.21. The Hall–Kier alpha value is -2.75. The standard InChI is InChI=1S/C16H13F3N2O4S/c17-16(18,19)13-3-1-2-4-14(13)20-26(23,24)12-7-5-11(6-8-12)21-9-10-25-15(21)22/h1-8,20H,9-10H2. The lowest BCUT2D eigenvalue weighted by Gasteiger charge is -2.16. The number of sulfonamides is 1. The third-order valence-corrected chi connectivity index (χ3v) is 5.08. The monoisotopic (exact) mass is 386 g/mol. The van der Waals surface area contributed by atoms with Gasteiger partial charge in [-0.3, -0.25) is 9.62 Å². The molecule has 2 aromatic rings. The predicted octanol–water partition coefficient (Wildman–Crippen LogP) is 3.46. The highest BCUT2D eigenvalue weighted by Gasteiger charge is 2.34. The molecule has 1 fully saturated rings. The Balaban J connectivity index is 1.87. The largest absolute Gasteiger partial charge is 0.447 e. The first-order chi connectivity index (χ1) is 12.2. The summed E-state index contributed by atoms with van der Waals surface area (Å²) in [5.74, 6) is 0. The Morgan fingerprint density at radius 3 is 2.27 bits per heavy atom. The van der Waals surface area contributed by atoms with Crippen molar-refractivity contribution < 1.29 is 31.1 Å². The Morgan fingerprint density at radius 2 is 1.69 bits per heavy atom. The molecule has 0 bridgehead atoms. The first kappa shape index (κ1) is 18.1. The van der Waals surface area contributed by atoms with E-state index < -0.39 is 33.5 Å². The van der Waals surface area contributed by atoms with E-state index in [1.165, 1.54) is 41.3 Å². The van der Waals surface area contributed by atoms with Gasteiger partial charge in [-0.15, -0.1) is 0 Å². The smallest absolute Gasteiger partial charge is 0.418 e. The van der Waals surface area contributed by atoms with Gasteiger partial charge in [-0.2, -0.15) is 13.2 Å². The van der Waals surface area contributed by atoms with Gasteiger partial charge < -0.3 is 4.74 Å². The van der Waals surface area contributed by atoms with Gasteiger partial charge in [-0.25, -0.2) is 13.2 Å². The van der Waals surface area contributed by atoms with Crippen molar-refractivity contribution in [2.75, 3.05) is 22.8 Å². The van der Waals surface area contributed by atoms with Crippen LogP contribution in [0, 0.1) is 0 Å². The van der Waals surface area contributed by atoms with E-state index in [2.05, 4.69) is 0 Å². The highest BCUT2D eigenvalue weighted by atomic mass is 32.2. The maximum absolute atomic E-state index is 13.0. The number of para-hydroxylation sites is 1. The lowest BCUT2D eigenvalue weighted by molar-refractivity contribution is -0.136. The van der Waals surface area contributed by atoms with Crippen LogP contribution in [0.3, 0.4) is 0 Å². The Labute approximate surface area is 147 Å². The summed E-state index contributed by atoms with van der Waals surface area (Å²) in [6.45, 7) is 0.566. The minimum atomic E-state index is -4.70. The highest BCUT2D eigenvalue weighted by Crippen LogP contribution is 2.35. The fraction of sp³-hybridized carbons (Fsp3) is 0.188. The van der Waals surface area contributed by atoms with Gasteiger partial charge in [0, 0.05) is 5.69 Å². The van der Waals surface area contributed by atoms with Crippen LogP contribution in [0.4, 0.5) is 29.3 Å². The molecule has 2 aromatic carbocycles. The summed E-state index contributed by atoms with van der Waals surface area (Å²) in [5, 5.41) is 0. The quantitative estimate of drug-likeness (QED) is 0.873. The number of ether oxygens (including phenoxy) is 1. The van der Waals surface area contributed by atoms with E-state index >= 15 is 0 Å². The van der Waals surface area contributed by atoms with Crippen molar-refractivity contribution in [1.29, 1.82) is 0 Å². The molecular weight excluding hydrogens is 373 g/mol. The Morgan fingerprint density at radius 1 is 1.04 bits per heavy atom. The summed E-state index contributed by atoms with van der Waals surface area (Å²) < 4.78 is 70.5. The molecule has 138 valence electrons. The van der Waals surface area contributed by atoms with Crippen molar-refractivity contribution in [3.63, 3.8) is 0 Å². The minimum Gasteiger partial charge on any atom is -0.447 e. The fourth-order valence-corrected chi connectivity index (χ4v) is 3.54. The summed E-state index contributed by atoms with van der Waals surface area (Å²) in [6.07, 6.45) is -5.24. The van der Waals surface area contributed by atoms with Crippen molar-refractivity contribution >= 4 is 27.5 Å². The molecule has 0 spiro atoms. The van der Waals surface area contributed by atoms with Gasteiger partial charge >= 0.3 is 12.3 Å². The zero-order valence-corrected chi connectivity index (χ0v) is 14.0. The van der Waals surface area contributed by atoms with Crippen LogP contribution in [-0.2, 0) is 20.9 Å². The Bertz CT molecular complexity index is 927. The number of nitrogens with one attached hydrogen (secondary N) is 1. The minimum absolute atomic E-state index is 0.231. The molecule has 0 atom stereocenters. The van der Waals surface area contributed by atoms with E-state index in [4.69, 9.17) is 4.74 Å². The van der Waals surface area contributed by atoms with Gasteiger partial charge in [0.05, 0.1) is 22.7 Å². The second kappa shape index (κ2) is 6.52. The summed E-state index contributed by atoms with van der Waals surface area (Å²) in [6, 6.07) is 9.49. The number of amides is 1. The third-order valence-electron chi connectivity index (χ3n) is 3.70. The van der Waals surface area contributed by atoms with Crippen LogP contribution < -0.4 is 9.62 Å². The zero-order chi connectivity index (χ0) is 18.9. The van der Waals surface area contributed by atoms with Crippen LogP contribution in [0.25, 0.3) is 0 Å². The SMILES string of the molecule is O=C1OCCN1c1ccc(S(=O)(=O)Nc2ccccc2C(F)(F)F)cc1. The molecule has 1 aliphatic rings. The van der Waals surface area contributed by atoms with Crippen molar-refractivity contribution in [3.05, 3.63) is 54.1 Å². The van der Waals surface area contributed by atoms with Crippen molar-refractivity contribution in [1.82, 2.24) is 0 Å². The number of hydrogen-bond donors (Lipinski definition) is 1. The normalized spacial score (nSPS) is 15.0. The number of carbonyl (C=O) groups is 1. The van der Waals surface area contributed by atoms with Crippen molar-refractivity contribution in [2.24, 2.45) is 0 Å². The topological polar surface area (TPSA) is 75.7 Å². The average molecular weight is 386 g/mol. The number of benzene rings is 2. The number of carbonyl (C=O) groups excluding carboxylic acids is 1. The Kier molecular flexibility index (Phi) is 4.53. The molecule has 0 aromatic heterocycles. The van der Waals surface area contributed by atoms with Crippen LogP contribution in [0.15, 0.2) is 53.4 Å². The molecule has 0 unspecified atom stereocenters. The van der Waals surface area contributed by atoms with E-state index in [1.54, 1.807) is 0 Å². The molecule has 1 heterocycles. The second-order valence-electron chi connectivity index (χ2n) is 5.41. The second-order valence-corrected chi connectivity index (χ2v) is 7.09. The molecule has 10 heteroatoms. The number of alkyl halides is 3. The number of hydrogen-bond acceptors (Lipinski definition) is 4. The van der Waals surface area contributed by atoms with E-state index in [1.807, 2.05) is 4.72 Å². The number of anilines is 2. The van der Waals surface area contributed by atoms with Crippen LogP contribution in [0.5, 0.6) is 0 Å². The van der Waals surface area contributed by atoms with Gasteiger partial charge in [0.2, 0.25) is 0 Å². The van der Waals surface area contributed by atoms with Gasteiger partial charge in [-0.1, -0.05) is 12.1 Å². The molecule has 0 saturated carbocycles. The van der Waals surface area contributed by atoms with Crippen molar-refractivity contribution in [2.45, 2.75) is 11.1 Å². The lowest BCUT2D eigenvalue weighted by Crippen LogP contribution is -2.23. The molecule has 0 aliphatic carbocycles. The maximum atomic E-state index is 13.0. The zero-order valence-electron chi connectivity index (χ0n) is 13.2. The first-order valence-electron chi connectivity index (χ1n) is 7.42. The number of nitrogens with zero attached hydrogens (tertiary/aromatic N) is 1. The number of halogens is 3. The van der Waals surface area contributed by atoms with Gasteiger partial charge in [0.1, 0.15) is 6.61 Å². The molecule has 6 nitrogen and oxygen atoms in total. The van der Waals surface area contributed by atoms with E-state index in [0.717, 1.165) is 12.1 Å². The number of cyclic esters (lactones) is 1. The third kappa shape index (κ3) is 3.59. The lowest BCUT2D eigenvalue weighted by atomic mass is 10.2. The van der Waals surface area contributed by atoms with Gasteiger partial charge in [0.25, 0.3) is 10.0 Å². The van der Waals surface area contributed by atoms with E-state index in [-0.39, 0.29) is 11.5 Å². The molecular formula is C16H13F3N2O4S. The van der Waals surface area contributed by atoms with Crippen LogP contribution in [-0.4, -0.2) is 27.7 Å². The summed E-state index contributed by atoms with van der Waals surface area (Å²) in [7, 11) is -4.23. The molecule has 1 amide bonds. The van der Waals surface area contributed by atoms with Crippen molar-refractivity contribution in [3.8, 4) is 0 Å². The average Bonchev–Trinajstić information content (AvgIpc) is 3.00. The van der Waals surface area contributed by atoms with Gasteiger partial charge in [0.15, 0.2) is 0 Å². The van der Waals surface area contributed by atoms with E-state index in [0.29, 0.717) is 12.2 Å². The molecule has 1 N–H and O–H groups in total. The van der Waals surface area contributed by atoms with Gasteiger partial charge in [-0.05, 0) is 36.4 Å². The van der Waals surface area contributed by atoms with Crippen LogP contribution in [0.2, 0.25) is 0 Å². The van der Waals surface area contributed by atoms with Crippen LogP contribution in [0.1, 0.15) is 5.56 Å². The number of rotatable bonds is 4. The predicted molar refractivity (Wildman–Crippen MR) is 87.4 cm³/mol. The van der Waals surface area contributed by atoms with E-state index in [9.17, 15) is 26.4 Å². The summed E-state index contributed by atoms with van der Waals surface area (Å²) >= 11 is 0. The summed E-state index contributed by atoms with van der Waals surface area (Å²) in [4.78, 5) is 12.6.